The molecule has 45 heavy (non-hydrogen) atoms. The van der Waals surface area contributed by atoms with Crippen LogP contribution in [0.5, 0.6) is 11.5 Å². The molecule has 1 saturated heterocycles. The lowest BCUT2D eigenvalue weighted by molar-refractivity contribution is -0.140. The van der Waals surface area contributed by atoms with Crippen LogP contribution in [0.3, 0.4) is 0 Å². The molecule has 2 aliphatic heterocycles. The summed E-state index contributed by atoms with van der Waals surface area (Å²) < 4.78 is 12.0. The highest BCUT2D eigenvalue weighted by atomic mass is 35.5. The van der Waals surface area contributed by atoms with Gasteiger partial charge < -0.3 is 29.7 Å². The number of ether oxygens (including phenoxy) is 2. The Morgan fingerprint density at radius 1 is 1.27 bits per heavy atom. The van der Waals surface area contributed by atoms with Gasteiger partial charge in [0.05, 0.1) is 24.9 Å². The molecule has 0 spiro atoms. The monoisotopic (exact) mass is 651 g/mol. The minimum absolute atomic E-state index is 0.0766. The van der Waals surface area contributed by atoms with Gasteiger partial charge in [0, 0.05) is 42.8 Å². The van der Waals surface area contributed by atoms with Crippen LogP contribution in [-0.2, 0) is 9.59 Å². The number of urea groups is 1. The van der Waals surface area contributed by atoms with Gasteiger partial charge in [0.25, 0.3) is 0 Å². The smallest absolute Gasteiger partial charge is 0.330 e. The summed E-state index contributed by atoms with van der Waals surface area (Å²) >= 11 is 8.11. The molecule has 2 fully saturated rings. The number of amides is 3. The van der Waals surface area contributed by atoms with Gasteiger partial charge in [-0.25, -0.2) is 19.6 Å². The molecule has 6 rings (SSSR count). The van der Waals surface area contributed by atoms with Gasteiger partial charge in [-0.2, -0.15) is 0 Å². The number of methoxy groups -OCH3 is 1. The molecule has 1 aliphatic carbocycles. The van der Waals surface area contributed by atoms with E-state index < -0.39 is 29.7 Å². The summed E-state index contributed by atoms with van der Waals surface area (Å²) in [5, 5.41) is 16.2. The molecule has 1 saturated carbocycles. The van der Waals surface area contributed by atoms with Gasteiger partial charge >= 0.3 is 12.0 Å². The number of allylic oxidation sites excluding steroid dienone is 1. The van der Waals surface area contributed by atoms with Crippen molar-refractivity contribution in [1.82, 2.24) is 25.1 Å². The molecule has 0 bridgehead atoms. The molecule has 236 valence electrons. The van der Waals surface area contributed by atoms with Crippen LogP contribution in [-0.4, -0.2) is 87.7 Å². The van der Waals surface area contributed by atoms with E-state index >= 15 is 0 Å². The van der Waals surface area contributed by atoms with E-state index in [1.54, 1.807) is 36.2 Å². The number of thiazole rings is 1. The Balaban J connectivity index is 1.35. The lowest BCUT2D eigenvalue weighted by Gasteiger charge is -2.29. The van der Waals surface area contributed by atoms with Crippen molar-refractivity contribution in [2.75, 3.05) is 27.2 Å². The van der Waals surface area contributed by atoms with E-state index in [4.69, 9.17) is 26.1 Å². The number of carbonyl (C=O) groups is 3. The zero-order chi connectivity index (χ0) is 31.9. The molecule has 1 aromatic carbocycles. The number of nitrogens with zero attached hydrogens (tertiary/aromatic N) is 4. The topological polar surface area (TPSA) is 134 Å². The van der Waals surface area contributed by atoms with Crippen LogP contribution >= 0.6 is 22.9 Å². The Hall–Kier alpha value is -4.16. The number of halogens is 1. The normalized spacial score (nSPS) is 26.0. The standard InChI is InChI=1S/C32H34ClN5O6S/c1-4-19-17-45-28(34-19)22-14-25(21-10-11-24(43-3)26(33)27(21)35-22)44-20-13-23-29(39)37(2)12-8-6-5-7-9-18-15-32(18,30(40)41)36-31(42)38(23)16-20/h4,7,9-11,14,17-18,20,23H,1,5-6,8,12-13,15-16H2,2-3H3,(H,36,42)(H,40,41)/b9-7-/t18-,20-,23-,32+/m0/s1. The molecule has 3 aliphatic rings. The van der Waals surface area contributed by atoms with Gasteiger partial charge in [-0.15, -0.1) is 11.3 Å². The van der Waals surface area contributed by atoms with Crippen molar-refractivity contribution in [3.8, 4) is 22.2 Å². The second-order valence-corrected chi connectivity index (χ2v) is 12.8. The first-order valence-electron chi connectivity index (χ1n) is 14.8. The van der Waals surface area contributed by atoms with Crippen LogP contribution in [0.2, 0.25) is 5.02 Å². The first-order valence-corrected chi connectivity index (χ1v) is 16.1. The Bertz CT molecular complexity index is 1710. The average molecular weight is 652 g/mol. The number of carboxylic acids is 1. The third-order valence-electron chi connectivity index (χ3n) is 8.70. The molecule has 4 atom stereocenters. The third kappa shape index (κ3) is 5.84. The van der Waals surface area contributed by atoms with Crippen molar-refractivity contribution >= 4 is 57.8 Å². The molecule has 0 unspecified atom stereocenters. The van der Waals surface area contributed by atoms with Gasteiger partial charge in [0.2, 0.25) is 5.91 Å². The lowest BCUT2D eigenvalue weighted by atomic mass is 10.1. The molecule has 3 amide bonds. The Kier molecular flexibility index (Phi) is 8.45. The zero-order valence-corrected chi connectivity index (χ0v) is 26.6. The first-order chi connectivity index (χ1) is 21.6. The zero-order valence-electron chi connectivity index (χ0n) is 25.0. The number of aromatic nitrogens is 2. The molecule has 2 N–H and O–H groups in total. The number of benzene rings is 1. The van der Waals surface area contributed by atoms with Gasteiger partial charge in [0.1, 0.15) is 44.9 Å². The minimum Gasteiger partial charge on any atom is -0.495 e. The highest BCUT2D eigenvalue weighted by molar-refractivity contribution is 7.13. The van der Waals surface area contributed by atoms with Gasteiger partial charge in [0.15, 0.2) is 0 Å². The van der Waals surface area contributed by atoms with Crippen molar-refractivity contribution in [2.45, 2.75) is 49.8 Å². The number of hydrogen-bond acceptors (Lipinski definition) is 8. The molecule has 13 heteroatoms. The van der Waals surface area contributed by atoms with E-state index in [-0.39, 0.29) is 24.8 Å². The summed E-state index contributed by atoms with van der Waals surface area (Å²) in [6, 6.07) is 3.88. The highest BCUT2D eigenvalue weighted by Crippen LogP contribution is 2.46. The Morgan fingerprint density at radius 2 is 2.09 bits per heavy atom. The van der Waals surface area contributed by atoms with Crippen LogP contribution in [0.4, 0.5) is 4.79 Å². The second-order valence-electron chi connectivity index (χ2n) is 11.6. The molecule has 0 radical (unpaired) electrons. The number of likely N-dealkylation sites (N-methyl/N-ethyl adjacent to an activating group) is 1. The van der Waals surface area contributed by atoms with Crippen LogP contribution < -0.4 is 14.8 Å². The van der Waals surface area contributed by atoms with E-state index in [9.17, 15) is 19.5 Å². The van der Waals surface area contributed by atoms with Crippen molar-refractivity contribution in [2.24, 2.45) is 5.92 Å². The van der Waals surface area contributed by atoms with Crippen molar-refractivity contribution < 1.29 is 29.0 Å². The van der Waals surface area contributed by atoms with E-state index in [1.165, 1.54) is 23.3 Å². The Morgan fingerprint density at radius 3 is 2.82 bits per heavy atom. The van der Waals surface area contributed by atoms with Crippen LogP contribution in [0, 0.1) is 5.92 Å². The number of nitrogens with one attached hydrogen (secondary N) is 1. The van der Waals surface area contributed by atoms with Crippen molar-refractivity contribution in [3.63, 3.8) is 0 Å². The van der Waals surface area contributed by atoms with E-state index in [0.717, 1.165) is 19.3 Å². The van der Waals surface area contributed by atoms with Crippen LogP contribution in [0.25, 0.3) is 27.7 Å². The average Bonchev–Trinajstić information content (AvgIpc) is 3.33. The lowest BCUT2D eigenvalue weighted by Crippen LogP contribution is -2.55. The maximum Gasteiger partial charge on any atom is 0.330 e. The highest BCUT2D eigenvalue weighted by Gasteiger charge is 2.61. The number of rotatable bonds is 6. The number of carbonyl (C=O) groups excluding carboxylic acids is 2. The molecule has 2 aromatic heterocycles. The number of aliphatic carboxylic acids is 1. The fourth-order valence-electron chi connectivity index (χ4n) is 6.05. The third-order valence-corrected chi connectivity index (χ3v) is 9.95. The molecular formula is C32H34ClN5O6S. The van der Waals surface area contributed by atoms with Crippen molar-refractivity contribution in [3.05, 3.63) is 53.0 Å². The summed E-state index contributed by atoms with van der Waals surface area (Å²) in [5.74, 6) is -0.693. The molecule has 11 nitrogen and oxygen atoms in total. The van der Waals surface area contributed by atoms with E-state index in [1.807, 2.05) is 17.5 Å². The molecule has 4 heterocycles. The van der Waals surface area contributed by atoms with Crippen molar-refractivity contribution in [1.29, 1.82) is 0 Å². The number of carboxylic acid groups (broad SMARTS) is 1. The van der Waals surface area contributed by atoms with E-state index in [2.05, 4.69) is 16.9 Å². The SMILES string of the molecule is C=Cc1csc(-c2cc(O[C@H]3C[C@H]4C(=O)N(C)CCCC/C=C\[C@H]5C[C@@]5(C(=O)O)NC(=O)N4C3)c3ccc(OC)c(Cl)c3n2)n1. The predicted molar refractivity (Wildman–Crippen MR) is 172 cm³/mol. The fourth-order valence-corrected chi connectivity index (χ4v) is 7.10. The van der Waals surface area contributed by atoms with Gasteiger partial charge in [-0.05, 0) is 43.9 Å². The summed E-state index contributed by atoms with van der Waals surface area (Å²) in [6.45, 7) is 4.41. The Labute approximate surface area is 269 Å². The maximum absolute atomic E-state index is 13.7. The van der Waals surface area contributed by atoms with Gasteiger partial charge in [-0.1, -0.05) is 30.3 Å². The summed E-state index contributed by atoms with van der Waals surface area (Å²) in [4.78, 5) is 52.1. The van der Waals surface area contributed by atoms with E-state index in [0.29, 0.717) is 56.8 Å². The fraction of sp³-hybridized carbons (Fsp3) is 0.406. The maximum atomic E-state index is 13.7. The quantitative estimate of drug-likeness (QED) is 0.346. The summed E-state index contributed by atoms with van der Waals surface area (Å²) in [6.07, 6.45) is 7.89. The second kappa shape index (κ2) is 12.3. The first kappa shape index (κ1) is 30.8. The number of fused-ring (bicyclic) bond motifs is 3. The summed E-state index contributed by atoms with van der Waals surface area (Å²) in [5.41, 5.74) is 0.315. The molecular weight excluding hydrogens is 618 g/mol. The minimum atomic E-state index is -1.39. The summed E-state index contributed by atoms with van der Waals surface area (Å²) in [7, 11) is 3.25. The molecule has 3 aromatic rings. The van der Waals surface area contributed by atoms with Crippen LogP contribution in [0.15, 0.2) is 42.3 Å². The predicted octanol–water partition coefficient (Wildman–Crippen LogP) is 5.24. The number of hydrogen-bond donors (Lipinski definition) is 2. The van der Waals surface area contributed by atoms with Crippen LogP contribution in [0.1, 0.15) is 37.8 Å². The number of pyridine rings is 1. The van der Waals surface area contributed by atoms with Gasteiger partial charge in [-0.3, -0.25) is 4.79 Å². The largest absolute Gasteiger partial charge is 0.495 e.